The zero-order chi connectivity index (χ0) is 27.8. The molecule has 0 aromatic heterocycles. The van der Waals surface area contributed by atoms with Crippen LogP contribution in [0.3, 0.4) is 0 Å². The van der Waals surface area contributed by atoms with Crippen molar-refractivity contribution >= 4 is 11.8 Å². The first-order chi connectivity index (χ1) is 18.1. The summed E-state index contributed by atoms with van der Waals surface area (Å²) in [5, 5.41) is 12.8. The average molecular weight is 530 g/mol. The van der Waals surface area contributed by atoms with Gasteiger partial charge in [-0.15, -0.1) is 13.2 Å². The van der Waals surface area contributed by atoms with Gasteiger partial charge >= 0.3 is 6.36 Å². The Morgan fingerprint density at radius 3 is 2.39 bits per heavy atom. The number of likely N-dealkylation sites (tertiary alicyclic amines) is 1. The van der Waals surface area contributed by atoms with Crippen LogP contribution in [0.4, 0.5) is 13.2 Å². The molecule has 0 bridgehead atoms. The predicted molar refractivity (Wildman–Crippen MR) is 137 cm³/mol. The summed E-state index contributed by atoms with van der Waals surface area (Å²) in [5.41, 5.74) is 0.994. The highest BCUT2D eigenvalue weighted by Gasteiger charge is 2.36. The standard InChI is InChI=1S/C29H34F3N3O3/c1-21(2)28(20-33,23-9-4-3-5-10-23)17-7-6-12-26(36)35-18-8-11-25(35)27(37)34-19-22-13-15-24(16-14-22)38-29(30,31)32/h3-5,9-10,13-16,21,25H,6-8,11-12,17-19H2,1-2H3,(H,34,37)/t25-,28?/m1/s1. The lowest BCUT2D eigenvalue weighted by Crippen LogP contribution is -2.45. The number of halogens is 3. The number of nitrogens with one attached hydrogen (secondary N) is 1. The maximum atomic E-state index is 13.0. The first-order valence-corrected chi connectivity index (χ1v) is 12.9. The third-order valence-corrected chi connectivity index (χ3v) is 7.19. The zero-order valence-corrected chi connectivity index (χ0v) is 21.8. The van der Waals surface area contributed by atoms with Crippen molar-refractivity contribution in [3.8, 4) is 11.8 Å². The first kappa shape index (κ1) is 29.0. The van der Waals surface area contributed by atoms with Gasteiger partial charge in [-0.1, -0.05) is 62.7 Å². The molecule has 6 nitrogen and oxygen atoms in total. The number of amides is 2. The van der Waals surface area contributed by atoms with Crippen molar-refractivity contribution in [1.82, 2.24) is 10.2 Å². The molecule has 1 heterocycles. The summed E-state index contributed by atoms with van der Waals surface area (Å²) in [6.45, 7) is 4.73. The number of alkyl halides is 3. The Morgan fingerprint density at radius 1 is 1.11 bits per heavy atom. The predicted octanol–water partition coefficient (Wildman–Crippen LogP) is 5.87. The Morgan fingerprint density at radius 2 is 1.79 bits per heavy atom. The van der Waals surface area contributed by atoms with Crippen LogP contribution in [-0.4, -0.2) is 35.7 Å². The Hall–Kier alpha value is -3.54. The molecule has 1 aliphatic rings. The monoisotopic (exact) mass is 529 g/mol. The molecule has 2 amide bonds. The molecule has 0 saturated carbocycles. The maximum Gasteiger partial charge on any atom is 0.573 e. The van der Waals surface area contributed by atoms with Gasteiger partial charge in [-0.25, -0.2) is 0 Å². The van der Waals surface area contributed by atoms with Crippen molar-refractivity contribution in [2.24, 2.45) is 5.92 Å². The van der Waals surface area contributed by atoms with Crippen LogP contribution < -0.4 is 10.1 Å². The van der Waals surface area contributed by atoms with E-state index >= 15 is 0 Å². The number of benzene rings is 2. The lowest BCUT2D eigenvalue weighted by atomic mass is 9.69. The van der Waals surface area contributed by atoms with Crippen LogP contribution in [0.25, 0.3) is 0 Å². The molecule has 9 heteroatoms. The number of nitriles is 1. The van der Waals surface area contributed by atoms with E-state index in [1.165, 1.54) is 24.3 Å². The molecule has 204 valence electrons. The Bertz CT molecular complexity index is 1110. The van der Waals surface area contributed by atoms with E-state index in [0.717, 1.165) is 12.0 Å². The highest BCUT2D eigenvalue weighted by atomic mass is 19.4. The first-order valence-electron chi connectivity index (χ1n) is 12.9. The molecule has 1 aliphatic heterocycles. The van der Waals surface area contributed by atoms with Crippen LogP contribution >= 0.6 is 0 Å². The van der Waals surface area contributed by atoms with Crippen LogP contribution in [-0.2, 0) is 21.5 Å². The van der Waals surface area contributed by atoms with E-state index in [4.69, 9.17) is 0 Å². The summed E-state index contributed by atoms with van der Waals surface area (Å²) >= 11 is 0. The van der Waals surface area contributed by atoms with Gasteiger partial charge in [0.2, 0.25) is 11.8 Å². The molecule has 1 fully saturated rings. The molecular weight excluding hydrogens is 495 g/mol. The van der Waals surface area contributed by atoms with Crippen molar-refractivity contribution in [2.75, 3.05) is 6.54 Å². The molecule has 3 rings (SSSR count). The number of carbonyl (C=O) groups is 2. The van der Waals surface area contributed by atoms with Gasteiger partial charge in [0, 0.05) is 19.5 Å². The van der Waals surface area contributed by atoms with Crippen molar-refractivity contribution in [3.05, 3.63) is 65.7 Å². The Labute approximate surface area is 221 Å². The number of ether oxygens (including phenoxy) is 1. The number of rotatable bonds is 11. The molecule has 2 atom stereocenters. The minimum Gasteiger partial charge on any atom is -0.406 e. The van der Waals surface area contributed by atoms with Crippen molar-refractivity contribution < 1.29 is 27.5 Å². The van der Waals surface area contributed by atoms with Gasteiger partial charge in [0.1, 0.15) is 11.8 Å². The molecule has 0 radical (unpaired) electrons. The molecule has 2 aromatic rings. The van der Waals surface area contributed by atoms with E-state index in [9.17, 15) is 28.0 Å². The topological polar surface area (TPSA) is 82.4 Å². The van der Waals surface area contributed by atoms with Crippen LogP contribution in [0.1, 0.15) is 63.5 Å². The smallest absolute Gasteiger partial charge is 0.406 e. The van der Waals surface area contributed by atoms with E-state index in [0.29, 0.717) is 44.2 Å². The summed E-state index contributed by atoms with van der Waals surface area (Å²) < 4.78 is 40.8. The molecule has 38 heavy (non-hydrogen) atoms. The van der Waals surface area contributed by atoms with Crippen LogP contribution in [0.2, 0.25) is 0 Å². The third kappa shape index (κ3) is 7.50. The fourth-order valence-corrected chi connectivity index (χ4v) is 5.03. The van der Waals surface area contributed by atoms with Crippen molar-refractivity contribution in [1.29, 1.82) is 5.26 Å². The normalized spacial score (nSPS) is 17.1. The fourth-order valence-electron chi connectivity index (χ4n) is 5.03. The van der Waals surface area contributed by atoms with Gasteiger partial charge in [0.05, 0.1) is 11.5 Å². The summed E-state index contributed by atoms with van der Waals surface area (Å²) in [5.74, 6) is -0.572. The molecule has 2 aromatic carbocycles. The largest absolute Gasteiger partial charge is 0.573 e. The van der Waals surface area contributed by atoms with E-state index < -0.39 is 17.8 Å². The number of hydrogen-bond acceptors (Lipinski definition) is 4. The molecular formula is C29H34F3N3O3. The van der Waals surface area contributed by atoms with Crippen LogP contribution in [0.15, 0.2) is 54.6 Å². The maximum absolute atomic E-state index is 13.0. The van der Waals surface area contributed by atoms with Gasteiger partial charge in [0.15, 0.2) is 0 Å². The van der Waals surface area contributed by atoms with E-state index in [2.05, 4.69) is 16.1 Å². The molecule has 1 unspecified atom stereocenters. The Kier molecular flexibility index (Phi) is 9.78. The highest BCUT2D eigenvalue weighted by molar-refractivity contribution is 5.88. The number of unbranched alkanes of at least 4 members (excludes halogenated alkanes) is 1. The second-order valence-electron chi connectivity index (χ2n) is 9.97. The van der Waals surface area contributed by atoms with Gasteiger partial charge in [0.25, 0.3) is 0 Å². The van der Waals surface area contributed by atoms with E-state index in [-0.39, 0.29) is 30.0 Å². The molecule has 1 saturated heterocycles. The van der Waals surface area contributed by atoms with Crippen molar-refractivity contribution in [2.45, 2.75) is 76.7 Å². The quantitative estimate of drug-likeness (QED) is 0.369. The number of carbonyl (C=O) groups excluding carboxylic acids is 2. The minimum absolute atomic E-state index is 0.0804. The summed E-state index contributed by atoms with van der Waals surface area (Å²) in [4.78, 5) is 27.4. The lowest BCUT2D eigenvalue weighted by molar-refractivity contribution is -0.274. The van der Waals surface area contributed by atoms with Gasteiger partial charge in [-0.3, -0.25) is 9.59 Å². The third-order valence-electron chi connectivity index (χ3n) is 7.19. The zero-order valence-electron chi connectivity index (χ0n) is 21.8. The summed E-state index contributed by atoms with van der Waals surface area (Å²) in [6.07, 6.45) is -1.18. The number of hydrogen-bond donors (Lipinski definition) is 1. The van der Waals surface area contributed by atoms with Crippen molar-refractivity contribution in [3.63, 3.8) is 0 Å². The fraction of sp³-hybridized carbons (Fsp3) is 0.483. The van der Waals surface area contributed by atoms with Crippen LogP contribution in [0.5, 0.6) is 5.75 Å². The van der Waals surface area contributed by atoms with Gasteiger partial charge in [-0.2, -0.15) is 5.26 Å². The average Bonchev–Trinajstić information content (AvgIpc) is 3.38. The van der Waals surface area contributed by atoms with Crippen LogP contribution in [0, 0.1) is 17.2 Å². The SMILES string of the molecule is CC(C)C(C#N)(CCCCC(=O)N1CCC[C@@H]1C(=O)NCc1ccc(OC(F)(F)F)cc1)c1ccccc1. The minimum atomic E-state index is -4.76. The van der Waals surface area contributed by atoms with Gasteiger partial charge < -0.3 is 15.0 Å². The van der Waals surface area contributed by atoms with Gasteiger partial charge in [-0.05, 0) is 54.9 Å². The molecule has 0 spiro atoms. The van der Waals surface area contributed by atoms with E-state index in [1.807, 2.05) is 44.2 Å². The van der Waals surface area contributed by atoms with E-state index in [1.54, 1.807) is 4.90 Å². The highest BCUT2D eigenvalue weighted by Crippen LogP contribution is 2.37. The molecule has 1 N–H and O–H groups in total. The summed E-state index contributed by atoms with van der Waals surface area (Å²) in [6, 6.07) is 17.0. The Balaban J connectivity index is 1.49. The second-order valence-corrected chi connectivity index (χ2v) is 9.97. The number of nitrogens with zero attached hydrogens (tertiary/aromatic N) is 2. The molecule has 0 aliphatic carbocycles. The second kappa shape index (κ2) is 12.8. The lowest BCUT2D eigenvalue weighted by Gasteiger charge is -2.31. The summed E-state index contributed by atoms with van der Waals surface area (Å²) in [7, 11) is 0.